The normalized spacial score (nSPS) is 18.3. The van der Waals surface area contributed by atoms with E-state index < -0.39 is 57.9 Å². The Balaban J connectivity index is 0.000000202. The molecule has 12 rings (SSSR count). The highest BCUT2D eigenvalue weighted by molar-refractivity contribution is 6.09. The first kappa shape index (κ1) is 65.8. The molecule has 23 heteroatoms. The average Bonchev–Trinajstić information content (AvgIpc) is 1.61. The molecule has 0 aliphatic carbocycles. The van der Waals surface area contributed by atoms with Gasteiger partial charge in [0.1, 0.15) is 11.4 Å². The van der Waals surface area contributed by atoms with Crippen molar-refractivity contribution in [1.29, 1.82) is 0 Å². The number of anilines is 3. The molecule has 0 radical (unpaired) electrons. The Labute approximate surface area is 493 Å². The highest BCUT2D eigenvalue weighted by atomic mass is 19.4. The summed E-state index contributed by atoms with van der Waals surface area (Å²) in [5.74, 6) is -3.59. The monoisotopic (exact) mass is 1190 g/mol. The molecule has 5 aromatic carbocycles. The first-order valence-corrected chi connectivity index (χ1v) is 25.2. The number of aryl methyl sites for hydroxylation is 3. The molecule has 0 saturated carbocycles. The maximum Gasteiger partial charge on any atom is 0.430 e. The fourth-order valence-corrected chi connectivity index (χ4v) is 10.2. The fraction of sp³-hybridized carbons (Fsp3) is 0.254. The van der Waals surface area contributed by atoms with E-state index in [1.165, 1.54) is 65.6 Å². The van der Waals surface area contributed by atoms with E-state index >= 15 is 0 Å². The number of amides is 3. The van der Waals surface area contributed by atoms with E-state index in [1.807, 2.05) is 55.8 Å². The third-order valence-corrected chi connectivity index (χ3v) is 14.4. The maximum atomic E-state index is 14.6. The van der Waals surface area contributed by atoms with Gasteiger partial charge in [-0.15, -0.1) is 0 Å². The Morgan fingerprint density at radius 1 is 0.477 bits per heavy atom. The van der Waals surface area contributed by atoms with E-state index in [1.54, 1.807) is 66.0 Å². The molecule has 4 aromatic heterocycles. The van der Waals surface area contributed by atoms with Gasteiger partial charge in [-0.1, -0.05) is 127 Å². The van der Waals surface area contributed by atoms with Crippen LogP contribution in [0.5, 0.6) is 0 Å². The number of nitrogens with two attached hydrogens (primary N) is 1. The number of hydrogen-bond donors (Lipinski definition) is 3. The molecule has 0 bridgehead atoms. The summed E-state index contributed by atoms with van der Waals surface area (Å²) in [6.45, 7) is 1.82. The highest BCUT2D eigenvalue weighted by Gasteiger charge is 2.67. The number of halogens is 7. The van der Waals surface area contributed by atoms with Gasteiger partial charge in [-0.3, -0.25) is 33.4 Å². The van der Waals surface area contributed by atoms with Crippen LogP contribution in [0.2, 0.25) is 0 Å². The number of pyridine rings is 1. The Morgan fingerprint density at radius 2 is 0.872 bits per heavy atom. The van der Waals surface area contributed by atoms with Crippen LogP contribution < -0.4 is 20.4 Å². The Bertz CT molecular complexity index is 3900. The van der Waals surface area contributed by atoms with Crippen molar-refractivity contribution >= 4 is 34.8 Å². The van der Waals surface area contributed by atoms with Crippen LogP contribution in [0.1, 0.15) is 70.0 Å². The standard InChI is InChI=1S/C20H15F4N3O2.C20H20N4O.C19H15F3N4O2.4CH4/c1-26-11-13(9-25-26)14-7-6-12(8-16(14)21)10-27-17-5-3-2-4-15(17)19(29,18(27)28)20(22,23)24;1-20(21)17-5-3-4-6-18(17)24(19(20)25)12-14-7-9-15(10-8-14)16-11-22-23(2)13-16;1-25-11-13(9-24-25)15-7-6-12(8-23-15)10-26-16-5-3-2-4-14(16)18(28,17(26)27)19(20,21)22;;;;/h2-9,11,29H,10H2,1H3;3-11,13H,12,21H2,1-2H3;2-9,11,28H,10H2,1H3;4*1H4. The number of fused-ring (bicyclic) bond motifs is 3. The van der Waals surface area contributed by atoms with Crippen LogP contribution in [0.15, 0.2) is 171 Å². The quantitative estimate of drug-likeness (QED) is 0.117. The number of benzene rings is 5. The number of carbonyl (C=O) groups excluding carboxylic acids is 3. The van der Waals surface area contributed by atoms with E-state index in [0.717, 1.165) is 61.5 Å². The van der Waals surface area contributed by atoms with Crippen LogP contribution in [-0.2, 0) is 71.9 Å². The summed E-state index contributed by atoms with van der Waals surface area (Å²) in [6.07, 6.45) is 1.54. The second kappa shape index (κ2) is 24.7. The van der Waals surface area contributed by atoms with Gasteiger partial charge in [0.25, 0.3) is 28.9 Å². The summed E-state index contributed by atoms with van der Waals surface area (Å²) in [6, 6.07) is 34.0. The maximum absolute atomic E-state index is 14.6. The molecule has 0 saturated heterocycles. The first-order chi connectivity index (χ1) is 38.8. The molecular formula is C63H66F7N11O5. The van der Waals surface area contributed by atoms with Crippen LogP contribution in [0.3, 0.4) is 0 Å². The van der Waals surface area contributed by atoms with Gasteiger partial charge in [0.05, 0.1) is 55.3 Å². The van der Waals surface area contributed by atoms with Crippen molar-refractivity contribution in [2.75, 3.05) is 14.7 Å². The highest BCUT2D eigenvalue weighted by Crippen LogP contribution is 2.51. The van der Waals surface area contributed by atoms with Crippen molar-refractivity contribution in [1.82, 2.24) is 34.3 Å². The molecule has 4 N–H and O–H groups in total. The number of alkyl halides is 6. The fourth-order valence-electron chi connectivity index (χ4n) is 10.2. The molecule has 3 amide bonds. The lowest BCUT2D eigenvalue weighted by atomic mass is 9.95. The third kappa shape index (κ3) is 11.8. The lowest BCUT2D eigenvalue weighted by molar-refractivity contribution is -0.253. The number of rotatable bonds is 9. The summed E-state index contributed by atoms with van der Waals surface area (Å²) in [7, 11) is 5.36. The lowest BCUT2D eigenvalue weighted by Crippen LogP contribution is -2.50. The summed E-state index contributed by atoms with van der Waals surface area (Å²) >= 11 is 0. The zero-order valence-electron chi connectivity index (χ0n) is 44.1. The summed E-state index contributed by atoms with van der Waals surface area (Å²) in [5.41, 5.74) is 5.21. The third-order valence-electron chi connectivity index (χ3n) is 14.4. The predicted molar refractivity (Wildman–Crippen MR) is 315 cm³/mol. The van der Waals surface area contributed by atoms with Crippen molar-refractivity contribution in [3.63, 3.8) is 0 Å². The number of aliphatic hydroxyl groups is 2. The number of nitrogens with zero attached hydrogens (tertiary/aromatic N) is 10. The van der Waals surface area contributed by atoms with Gasteiger partial charge in [0, 0.05) is 90.6 Å². The molecule has 0 spiro atoms. The zero-order valence-corrected chi connectivity index (χ0v) is 44.1. The van der Waals surface area contributed by atoms with Crippen molar-refractivity contribution in [2.45, 2.75) is 85.4 Å². The Kier molecular flexibility index (Phi) is 18.9. The predicted octanol–water partition coefficient (Wildman–Crippen LogP) is 11.7. The van der Waals surface area contributed by atoms with Gasteiger partial charge in [-0.25, -0.2) is 4.39 Å². The van der Waals surface area contributed by atoms with Crippen molar-refractivity contribution in [3.05, 3.63) is 210 Å². The molecule has 3 aliphatic heterocycles. The number of carbonyl (C=O) groups is 3. The van der Waals surface area contributed by atoms with E-state index in [-0.39, 0.29) is 71.2 Å². The summed E-state index contributed by atoms with van der Waals surface area (Å²) in [4.78, 5) is 45.7. The van der Waals surface area contributed by atoms with Gasteiger partial charge in [-0.2, -0.15) is 41.6 Å². The topological polar surface area (TPSA) is 194 Å². The first-order valence-electron chi connectivity index (χ1n) is 25.2. The number of para-hydroxylation sites is 3. The van der Waals surface area contributed by atoms with Gasteiger partial charge in [0.15, 0.2) is 0 Å². The zero-order chi connectivity index (χ0) is 58.7. The van der Waals surface area contributed by atoms with Crippen LogP contribution in [0.4, 0.5) is 47.8 Å². The molecule has 86 heavy (non-hydrogen) atoms. The van der Waals surface area contributed by atoms with Crippen LogP contribution in [0, 0.1) is 5.82 Å². The molecule has 3 aliphatic rings. The largest absolute Gasteiger partial charge is 0.430 e. The smallest absolute Gasteiger partial charge is 0.368 e. The molecule has 9 aromatic rings. The molecule has 452 valence electrons. The van der Waals surface area contributed by atoms with Gasteiger partial charge in [-0.05, 0) is 59.5 Å². The second-order valence-corrected chi connectivity index (χ2v) is 20.1. The number of hydrogen-bond acceptors (Lipinski definition) is 10. The van der Waals surface area contributed by atoms with Crippen molar-refractivity contribution in [3.8, 4) is 33.5 Å². The van der Waals surface area contributed by atoms with Gasteiger partial charge < -0.3 is 30.6 Å². The van der Waals surface area contributed by atoms with Gasteiger partial charge in [0.2, 0.25) is 0 Å². The van der Waals surface area contributed by atoms with E-state index in [9.17, 15) is 55.3 Å². The molecule has 16 nitrogen and oxygen atoms in total. The van der Waals surface area contributed by atoms with Crippen molar-refractivity contribution in [2.24, 2.45) is 26.9 Å². The minimum Gasteiger partial charge on any atom is -0.368 e. The minimum atomic E-state index is -5.19. The van der Waals surface area contributed by atoms with E-state index in [4.69, 9.17) is 5.73 Å². The lowest BCUT2D eigenvalue weighted by Gasteiger charge is -2.25. The van der Waals surface area contributed by atoms with E-state index in [0.29, 0.717) is 23.4 Å². The van der Waals surface area contributed by atoms with Gasteiger partial charge >= 0.3 is 12.4 Å². The van der Waals surface area contributed by atoms with Crippen LogP contribution in [0.25, 0.3) is 33.5 Å². The summed E-state index contributed by atoms with van der Waals surface area (Å²) < 4.78 is 101. The Hall–Kier alpha value is -9.32. The Morgan fingerprint density at radius 3 is 1.31 bits per heavy atom. The van der Waals surface area contributed by atoms with Crippen LogP contribution in [-0.4, -0.2) is 74.6 Å². The molecular weight excluding hydrogens is 1120 g/mol. The summed E-state index contributed by atoms with van der Waals surface area (Å²) in [5, 5.41) is 32.7. The minimum absolute atomic E-state index is 0. The number of aromatic nitrogens is 7. The SMILES string of the molecule is C.C.C.C.Cn1cc(-c2ccc(CN3C(=O)C(C)(N)c4ccccc43)cc2)cn1.Cn1cc(-c2ccc(CN3C(=O)C(O)(C(F)(F)F)c4ccccc43)cc2F)cn1.Cn1cc(-c2ccc(CN3C(=O)C(O)(C(F)(F)F)c4ccccc43)cn2)cn1. The molecule has 3 unspecified atom stereocenters. The van der Waals surface area contributed by atoms with Crippen molar-refractivity contribution < 1.29 is 55.3 Å². The molecule has 0 fully saturated rings. The molecule has 3 atom stereocenters. The van der Waals surface area contributed by atoms with E-state index in [2.05, 4.69) is 32.4 Å². The molecule has 7 heterocycles. The average molecular weight is 1190 g/mol. The van der Waals surface area contributed by atoms with Crippen LogP contribution >= 0.6 is 0 Å². The second-order valence-electron chi connectivity index (χ2n) is 20.1.